The van der Waals surface area contributed by atoms with Gasteiger partial charge in [-0.25, -0.2) is 8.42 Å². The smallest absolute Gasteiger partial charge is 0.245 e. The van der Waals surface area contributed by atoms with Crippen LogP contribution in [0.5, 0.6) is 0 Å². The lowest BCUT2D eigenvalue weighted by molar-refractivity contribution is -0.118. The van der Waals surface area contributed by atoms with Crippen molar-refractivity contribution in [2.24, 2.45) is 0 Å². The molecule has 1 aromatic heterocycles. The molecule has 1 saturated heterocycles. The largest absolute Gasteiger partial charge is 0.311 e. The molecule has 4 rings (SSSR count). The summed E-state index contributed by atoms with van der Waals surface area (Å²) in [6.07, 6.45) is 2.83. The van der Waals surface area contributed by atoms with Gasteiger partial charge in [-0.15, -0.1) is 23.7 Å². The summed E-state index contributed by atoms with van der Waals surface area (Å²) in [6, 6.07) is 9.13. The number of benzene rings is 1. The highest BCUT2D eigenvalue weighted by Crippen LogP contribution is 2.27. The molecule has 30 heavy (non-hydrogen) atoms. The van der Waals surface area contributed by atoms with E-state index in [9.17, 15) is 13.2 Å². The number of thiophene rings is 1. The molecule has 0 bridgehead atoms. The van der Waals surface area contributed by atoms with Crippen molar-refractivity contribution in [3.63, 3.8) is 0 Å². The van der Waals surface area contributed by atoms with Gasteiger partial charge in [0.25, 0.3) is 0 Å². The number of nitrogens with one attached hydrogen (secondary N) is 2. The molecule has 1 unspecified atom stereocenters. The lowest BCUT2D eigenvalue weighted by atomic mass is 9.96. The Bertz CT molecular complexity index is 1070. The highest BCUT2D eigenvalue weighted by molar-refractivity contribution is 7.92. The Kier molecular flexibility index (Phi) is 7.27. The van der Waals surface area contributed by atoms with Gasteiger partial charge in [0.15, 0.2) is 0 Å². The Morgan fingerprint density at radius 2 is 2.07 bits per heavy atom. The van der Waals surface area contributed by atoms with Crippen LogP contribution in [0.25, 0.3) is 6.08 Å². The molecule has 2 N–H and O–H groups in total. The molecule has 0 saturated carbocycles. The van der Waals surface area contributed by atoms with Crippen LogP contribution in [0.1, 0.15) is 29.3 Å². The van der Waals surface area contributed by atoms with E-state index in [1.807, 2.05) is 12.1 Å². The molecular formula is C20H23Cl2N3O3S2. The molecule has 3 heterocycles. The third kappa shape index (κ3) is 5.25. The second-order valence-electron chi connectivity index (χ2n) is 7.38. The summed E-state index contributed by atoms with van der Waals surface area (Å²) < 4.78 is 27.9. The molecule has 0 spiro atoms. The second kappa shape index (κ2) is 9.38. The van der Waals surface area contributed by atoms with E-state index >= 15 is 0 Å². The maximum Gasteiger partial charge on any atom is 0.245 e. The lowest BCUT2D eigenvalue weighted by Crippen LogP contribution is -2.40. The molecule has 1 amide bonds. The van der Waals surface area contributed by atoms with E-state index in [4.69, 9.17) is 11.6 Å². The van der Waals surface area contributed by atoms with Gasteiger partial charge in [-0.1, -0.05) is 17.7 Å². The Hall–Kier alpha value is -1.42. The summed E-state index contributed by atoms with van der Waals surface area (Å²) in [4.78, 5) is 15.2. The summed E-state index contributed by atoms with van der Waals surface area (Å²) >= 11 is 7.15. The number of amides is 1. The fourth-order valence-electron chi connectivity index (χ4n) is 3.69. The predicted octanol–water partition coefficient (Wildman–Crippen LogP) is 3.55. The zero-order chi connectivity index (χ0) is 20.6. The number of rotatable bonds is 5. The SMILES string of the molecule is CC1Cc2cc(N3CC[C@H](NS(=O)(=O)/C=C/c4ccc(Cl)s4)C3=O)ccc2CN1.Cl. The fraction of sp³-hybridized carbons (Fsp3) is 0.350. The average Bonchev–Trinajstić information content (AvgIpc) is 3.25. The van der Waals surface area contributed by atoms with Crippen molar-refractivity contribution in [3.05, 3.63) is 56.1 Å². The molecule has 1 aromatic carbocycles. The number of hydrogen-bond acceptors (Lipinski definition) is 5. The van der Waals surface area contributed by atoms with Gasteiger partial charge >= 0.3 is 0 Å². The van der Waals surface area contributed by atoms with Gasteiger partial charge in [-0.2, -0.15) is 4.72 Å². The molecule has 0 aliphatic carbocycles. The van der Waals surface area contributed by atoms with Crippen molar-refractivity contribution in [2.75, 3.05) is 11.4 Å². The summed E-state index contributed by atoms with van der Waals surface area (Å²) in [7, 11) is -3.74. The van der Waals surface area contributed by atoms with Crippen LogP contribution in [0.2, 0.25) is 4.34 Å². The summed E-state index contributed by atoms with van der Waals surface area (Å²) in [5.74, 6) is -0.219. The van der Waals surface area contributed by atoms with Crippen molar-refractivity contribution < 1.29 is 13.2 Å². The van der Waals surface area contributed by atoms with E-state index in [0.29, 0.717) is 23.3 Å². The molecule has 6 nitrogen and oxygen atoms in total. The number of sulfonamides is 1. The monoisotopic (exact) mass is 487 g/mol. The first kappa shape index (κ1) is 23.2. The number of fused-ring (bicyclic) bond motifs is 1. The van der Waals surface area contributed by atoms with Gasteiger partial charge in [0.1, 0.15) is 6.04 Å². The van der Waals surface area contributed by atoms with Crippen LogP contribution in [0.3, 0.4) is 0 Å². The van der Waals surface area contributed by atoms with E-state index < -0.39 is 16.1 Å². The highest BCUT2D eigenvalue weighted by Gasteiger charge is 2.35. The summed E-state index contributed by atoms with van der Waals surface area (Å²) in [5, 5.41) is 4.51. The maximum absolute atomic E-state index is 12.8. The number of hydrogen-bond donors (Lipinski definition) is 2. The third-order valence-electron chi connectivity index (χ3n) is 5.19. The van der Waals surface area contributed by atoms with Gasteiger partial charge in [-0.3, -0.25) is 4.79 Å². The first-order valence-electron chi connectivity index (χ1n) is 9.43. The zero-order valence-corrected chi connectivity index (χ0v) is 19.5. The standard InChI is InChI=1S/C20H22ClN3O3S2.ClH/c1-13-10-15-11-16(3-2-14(15)12-22-13)24-8-6-18(20(24)25)23-29(26,27)9-7-17-4-5-19(21)28-17;/h2-5,7,9,11,13,18,22-23H,6,8,10,12H2,1H3;1H/b9-7+;/t13?,18-;/m0./s1. The molecular weight excluding hydrogens is 465 g/mol. The lowest BCUT2D eigenvalue weighted by Gasteiger charge is -2.25. The normalized spacial score (nSPS) is 21.7. The van der Waals surface area contributed by atoms with E-state index in [0.717, 1.165) is 28.9 Å². The van der Waals surface area contributed by atoms with Crippen LogP contribution in [0, 0.1) is 0 Å². The van der Waals surface area contributed by atoms with E-state index in [1.165, 1.54) is 28.5 Å². The third-order valence-corrected chi connectivity index (χ3v) is 7.49. The molecule has 0 radical (unpaired) electrons. The molecule has 2 aromatic rings. The van der Waals surface area contributed by atoms with Crippen LogP contribution in [0.15, 0.2) is 35.7 Å². The van der Waals surface area contributed by atoms with Crippen LogP contribution in [-0.4, -0.2) is 33.0 Å². The average molecular weight is 488 g/mol. The number of anilines is 1. The summed E-state index contributed by atoms with van der Waals surface area (Å²) in [6.45, 7) is 3.46. The number of halogens is 2. The van der Waals surface area contributed by atoms with Crippen molar-refractivity contribution >= 4 is 63.0 Å². The Morgan fingerprint density at radius 3 is 2.80 bits per heavy atom. The Morgan fingerprint density at radius 1 is 1.27 bits per heavy atom. The van der Waals surface area contributed by atoms with Crippen LogP contribution in [-0.2, 0) is 27.8 Å². The quantitative estimate of drug-likeness (QED) is 0.675. The first-order chi connectivity index (χ1) is 13.8. The second-order valence-corrected chi connectivity index (χ2v) is 10.7. The first-order valence-corrected chi connectivity index (χ1v) is 12.2. The Labute approximate surface area is 191 Å². The van der Waals surface area contributed by atoms with E-state index in [1.54, 1.807) is 17.0 Å². The Balaban J connectivity index is 0.00000256. The number of carbonyl (C=O) groups excluding carboxylic acids is 1. The van der Waals surface area contributed by atoms with Crippen molar-refractivity contribution in [2.45, 2.75) is 38.4 Å². The van der Waals surface area contributed by atoms with E-state index in [2.05, 4.69) is 23.0 Å². The van der Waals surface area contributed by atoms with Crippen LogP contribution >= 0.6 is 35.3 Å². The molecule has 1 fully saturated rings. The summed E-state index contributed by atoms with van der Waals surface area (Å²) in [5.41, 5.74) is 3.31. The minimum absolute atomic E-state index is 0. The predicted molar refractivity (Wildman–Crippen MR) is 125 cm³/mol. The van der Waals surface area contributed by atoms with Gasteiger partial charge in [0.2, 0.25) is 15.9 Å². The minimum atomic E-state index is -3.74. The van der Waals surface area contributed by atoms with Gasteiger partial charge < -0.3 is 10.2 Å². The van der Waals surface area contributed by atoms with Gasteiger partial charge in [-0.05, 0) is 61.2 Å². The topological polar surface area (TPSA) is 78.5 Å². The molecule has 2 aliphatic rings. The zero-order valence-electron chi connectivity index (χ0n) is 16.3. The molecule has 2 atom stereocenters. The highest BCUT2D eigenvalue weighted by atomic mass is 35.5. The molecule has 162 valence electrons. The fourth-order valence-corrected chi connectivity index (χ4v) is 5.76. The van der Waals surface area contributed by atoms with Gasteiger partial charge in [0.05, 0.1) is 4.34 Å². The minimum Gasteiger partial charge on any atom is -0.311 e. The van der Waals surface area contributed by atoms with Gasteiger partial charge in [0, 0.05) is 35.1 Å². The van der Waals surface area contributed by atoms with Crippen LogP contribution < -0.4 is 14.9 Å². The van der Waals surface area contributed by atoms with Crippen molar-refractivity contribution in [1.82, 2.24) is 10.0 Å². The number of nitrogens with zero attached hydrogens (tertiary/aromatic N) is 1. The number of carbonyl (C=O) groups is 1. The maximum atomic E-state index is 12.8. The van der Waals surface area contributed by atoms with E-state index in [-0.39, 0.29) is 18.3 Å². The molecule has 10 heteroatoms. The van der Waals surface area contributed by atoms with Crippen LogP contribution in [0.4, 0.5) is 5.69 Å². The van der Waals surface area contributed by atoms with Crippen molar-refractivity contribution in [1.29, 1.82) is 0 Å². The molecule has 2 aliphatic heterocycles. The van der Waals surface area contributed by atoms with Crippen molar-refractivity contribution in [3.8, 4) is 0 Å².